The fraction of sp³-hybridized carbons (Fsp3) is 0.571. The third-order valence-electron chi connectivity index (χ3n) is 6.69. The number of ether oxygens (including phenoxy) is 1. The van der Waals surface area contributed by atoms with Crippen molar-refractivity contribution in [2.45, 2.75) is 77.7 Å². The lowest BCUT2D eigenvalue weighted by Gasteiger charge is -2.29. The number of aliphatic hydroxyl groups excluding tert-OH is 2. The van der Waals surface area contributed by atoms with E-state index in [0.717, 1.165) is 5.57 Å². The molecule has 0 radical (unpaired) electrons. The van der Waals surface area contributed by atoms with Crippen LogP contribution >= 0.6 is 0 Å². The number of nitrogens with one attached hydrogen (secondary N) is 1. The van der Waals surface area contributed by atoms with E-state index in [1.807, 2.05) is 27.7 Å². The van der Waals surface area contributed by atoms with Crippen molar-refractivity contribution < 1.29 is 33.8 Å². The lowest BCUT2D eigenvalue weighted by Crippen LogP contribution is -2.44. The van der Waals surface area contributed by atoms with Crippen LogP contribution in [-0.4, -0.2) is 75.3 Å². The first-order valence-corrected chi connectivity index (χ1v) is 13.2. The Labute approximate surface area is 223 Å². The van der Waals surface area contributed by atoms with Gasteiger partial charge in [-0.2, -0.15) is 0 Å². The molecule has 5 atom stereocenters. The van der Waals surface area contributed by atoms with Crippen LogP contribution in [0, 0.1) is 11.8 Å². The zero-order chi connectivity index (χ0) is 27.8. The van der Waals surface area contributed by atoms with Gasteiger partial charge in [-0.1, -0.05) is 50.6 Å². The van der Waals surface area contributed by atoms with Crippen LogP contribution in [-0.2, 0) is 20.7 Å². The van der Waals surface area contributed by atoms with Crippen LogP contribution < -0.4 is 5.32 Å². The minimum atomic E-state index is -0.947. The second kappa shape index (κ2) is 13.5. The van der Waals surface area contributed by atoms with E-state index in [1.165, 1.54) is 17.2 Å². The fourth-order valence-corrected chi connectivity index (χ4v) is 4.77. The summed E-state index contributed by atoms with van der Waals surface area (Å²) in [4.78, 5) is 44.3. The van der Waals surface area contributed by atoms with Gasteiger partial charge in [0, 0.05) is 25.4 Å². The molecule has 0 spiro atoms. The number of carbonyl (C=O) groups is 3. The third kappa shape index (κ3) is 8.13. The molecule has 0 aromatic carbocycles. The van der Waals surface area contributed by atoms with Crippen LogP contribution in [0.15, 0.2) is 46.6 Å². The molecule has 2 amide bonds. The van der Waals surface area contributed by atoms with Gasteiger partial charge in [-0.25, -0.2) is 9.78 Å². The van der Waals surface area contributed by atoms with Crippen LogP contribution in [0.25, 0.3) is 0 Å². The topological polar surface area (TPSA) is 142 Å². The van der Waals surface area contributed by atoms with Gasteiger partial charge in [-0.15, -0.1) is 0 Å². The summed E-state index contributed by atoms with van der Waals surface area (Å²) in [7, 11) is 0. The van der Waals surface area contributed by atoms with Gasteiger partial charge < -0.3 is 29.6 Å². The van der Waals surface area contributed by atoms with Crippen molar-refractivity contribution in [1.29, 1.82) is 0 Å². The SMILES string of the molecule is CC1=C\[C@@H](O)CC(O)Cc2nc(co2)C(=O)N2CCCC2C(=O)O[C@H](C(C)C)[C@H](C)/C=C/C(=O)NC\C=C\1. The Hall–Kier alpha value is -3.24. The van der Waals surface area contributed by atoms with E-state index < -0.39 is 36.2 Å². The number of cyclic esters (lactones) is 1. The standard InChI is InChI=1S/C28H39N3O7/c1-17(2)26-19(4)9-10-24(34)29-11-5-7-18(3)13-20(32)14-21(33)15-25-30-22(16-37-25)27(35)31-12-6-8-23(31)28(36)38-26/h5,7,9-10,13,16-17,19-21,23,26,32-33H,6,8,11-12,14-15H2,1-4H3,(H,29,34)/b7-5+,10-9+,18-13+/t19-,20-,21?,23?,26-/m1/s1. The number of allylic oxidation sites excluding steroid dienone is 2. The smallest absolute Gasteiger partial charge is 0.329 e. The highest BCUT2D eigenvalue weighted by molar-refractivity contribution is 5.95. The number of aromatic nitrogens is 1. The Morgan fingerprint density at radius 1 is 1.18 bits per heavy atom. The van der Waals surface area contributed by atoms with Crippen molar-refractivity contribution in [3.63, 3.8) is 0 Å². The summed E-state index contributed by atoms with van der Waals surface area (Å²) in [5.41, 5.74) is 0.821. The molecular formula is C28H39N3O7. The molecule has 2 unspecified atom stereocenters. The molecule has 3 N–H and O–H groups in total. The van der Waals surface area contributed by atoms with Gasteiger partial charge in [0.2, 0.25) is 5.91 Å². The van der Waals surface area contributed by atoms with Gasteiger partial charge in [-0.05, 0) is 31.8 Å². The molecule has 208 valence electrons. The van der Waals surface area contributed by atoms with Crippen LogP contribution in [0.2, 0.25) is 0 Å². The fourth-order valence-electron chi connectivity index (χ4n) is 4.77. The number of oxazole rings is 1. The molecule has 1 saturated heterocycles. The predicted molar refractivity (Wildman–Crippen MR) is 140 cm³/mol. The Balaban J connectivity index is 1.85. The summed E-state index contributed by atoms with van der Waals surface area (Å²) in [6.07, 6.45) is 8.37. The lowest BCUT2D eigenvalue weighted by atomic mass is 9.94. The largest absolute Gasteiger partial charge is 0.460 e. The first-order valence-electron chi connectivity index (χ1n) is 13.2. The zero-order valence-electron chi connectivity index (χ0n) is 22.5. The van der Waals surface area contributed by atoms with E-state index in [1.54, 1.807) is 24.3 Å². The van der Waals surface area contributed by atoms with Crippen LogP contribution in [0.1, 0.15) is 63.3 Å². The zero-order valence-corrected chi connectivity index (χ0v) is 22.5. The monoisotopic (exact) mass is 529 g/mol. The average molecular weight is 530 g/mol. The molecule has 2 aliphatic rings. The number of hydrogen-bond donors (Lipinski definition) is 3. The highest BCUT2D eigenvalue weighted by Crippen LogP contribution is 2.25. The molecule has 0 aliphatic carbocycles. The number of hydrogen-bond acceptors (Lipinski definition) is 8. The van der Waals surface area contributed by atoms with E-state index in [2.05, 4.69) is 10.3 Å². The third-order valence-corrected chi connectivity index (χ3v) is 6.69. The van der Waals surface area contributed by atoms with Crippen molar-refractivity contribution in [2.24, 2.45) is 11.8 Å². The molecule has 1 fully saturated rings. The van der Waals surface area contributed by atoms with Crippen LogP contribution in [0.4, 0.5) is 0 Å². The van der Waals surface area contributed by atoms with Crippen molar-refractivity contribution >= 4 is 17.8 Å². The quantitative estimate of drug-likeness (QED) is 0.471. The molecule has 10 heteroatoms. The highest BCUT2D eigenvalue weighted by atomic mass is 16.5. The molecule has 10 nitrogen and oxygen atoms in total. The number of rotatable bonds is 1. The normalized spacial score (nSPS) is 31.7. The number of aliphatic hydroxyl groups is 2. The van der Waals surface area contributed by atoms with Gasteiger partial charge in [-0.3, -0.25) is 9.59 Å². The van der Waals surface area contributed by atoms with Crippen molar-refractivity contribution in [3.05, 3.63) is 53.8 Å². The lowest BCUT2D eigenvalue weighted by molar-refractivity contribution is -0.158. The molecular weight excluding hydrogens is 490 g/mol. The Kier molecular flexibility index (Phi) is 10.4. The van der Waals surface area contributed by atoms with E-state index >= 15 is 0 Å². The molecule has 0 saturated carbocycles. The number of amides is 2. The molecule has 1 aromatic heterocycles. The molecule has 1 aromatic rings. The Morgan fingerprint density at radius 2 is 1.95 bits per heavy atom. The molecule has 2 aliphatic heterocycles. The second-order valence-corrected chi connectivity index (χ2v) is 10.4. The summed E-state index contributed by atoms with van der Waals surface area (Å²) in [6.45, 7) is 8.25. The summed E-state index contributed by atoms with van der Waals surface area (Å²) < 4.78 is 11.3. The second-order valence-electron chi connectivity index (χ2n) is 10.4. The van der Waals surface area contributed by atoms with Gasteiger partial charge >= 0.3 is 5.97 Å². The number of fused-ring (bicyclic) bond motifs is 3. The van der Waals surface area contributed by atoms with E-state index in [-0.39, 0.29) is 42.2 Å². The summed E-state index contributed by atoms with van der Waals surface area (Å²) in [6, 6.07) is -0.743. The van der Waals surface area contributed by atoms with Crippen molar-refractivity contribution in [1.82, 2.24) is 15.2 Å². The summed E-state index contributed by atoms with van der Waals surface area (Å²) >= 11 is 0. The Morgan fingerprint density at radius 3 is 2.68 bits per heavy atom. The predicted octanol–water partition coefficient (Wildman–Crippen LogP) is 2.33. The summed E-state index contributed by atoms with van der Waals surface area (Å²) in [5, 5.41) is 23.5. The number of carbonyl (C=O) groups excluding carboxylic acids is 3. The maximum absolute atomic E-state index is 13.2. The minimum Gasteiger partial charge on any atom is -0.460 e. The Bertz CT molecular complexity index is 1070. The van der Waals surface area contributed by atoms with Gasteiger partial charge in [0.15, 0.2) is 11.6 Å². The number of esters is 1. The van der Waals surface area contributed by atoms with E-state index in [9.17, 15) is 24.6 Å². The maximum Gasteiger partial charge on any atom is 0.329 e. The molecule has 3 rings (SSSR count). The average Bonchev–Trinajstić information content (AvgIpc) is 3.52. The minimum absolute atomic E-state index is 0.0146. The van der Waals surface area contributed by atoms with Gasteiger partial charge in [0.05, 0.1) is 18.6 Å². The van der Waals surface area contributed by atoms with E-state index in [4.69, 9.17) is 9.15 Å². The molecule has 38 heavy (non-hydrogen) atoms. The van der Waals surface area contributed by atoms with Gasteiger partial charge in [0.1, 0.15) is 18.4 Å². The highest BCUT2D eigenvalue weighted by Gasteiger charge is 2.38. The first-order chi connectivity index (χ1) is 18.0. The summed E-state index contributed by atoms with van der Waals surface area (Å²) in [5.74, 6) is -1.29. The molecule has 3 heterocycles. The van der Waals surface area contributed by atoms with Gasteiger partial charge in [0.25, 0.3) is 5.91 Å². The van der Waals surface area contributed by atoms with Crippen molar-refractivity contribution in [2.75, 3.05) is 13.1 Å². The maximum atomic E-state index is 13.2. The number of nitrogens with zero attached hydrogens (tertiary/aromatic N) is 2. The first kappa shape index (κ1) is 29.3. The molecule has 2 bridgehead atoms. The van der Waals surface area contributed by atoms with Crippen molar-refractivity contribution in [3.8, 4) is 0 Å². The van der Waals surface area contributed by atoms with Crippen LogP contribution in [0.3, 0.4) is 0 Å². The van der Waals surface area contributed by atoms with E-state index in [0.29, 0.717) is 25.9 Å². The van der Waals surface area contributed by atoms with Crippen LogP contribution in [0.5, 0.6) is 0 Å².